The highest BCUT2D eigenvalue weighted by atomic mass is 32.1. The van der Waals surface area contributed by atoms with Gasteiger partial charge in [-0.2, -0.15) is 0 Å². The summed E-state index contributed by atoms with van der Waals surface area (Å²) >= 11 is 1.28. The van der Waals surface area contributed by atoms with Crippen LogP contribution in [0.5, 0.6) is 0 Å². The van der Waals surface area contributed by atoms with E-state index < -0.39 is 0 Å². The lowest BCUT2D eigenvalue weighted by Crippen LogP contribution is -2.14. The second-order valence-corrected chi connectivity index (χ2v) is 9.77. The highest BCUT2D eigenvalue weighted by Gasteiger charge is 2.25. The van der Waals surface area contributed by atoms with Gasteiger partial charge in [0.05, 0.1) is 11.4 Å². The lowest BCUT2D eigenvalue weighted by Gasteiger charge is -2.24. The second kappa shape index (κ2) is 8.56. The van der Waals surface area contributed by atoms with Crippen LogP contribution in [0.4, 0.5) is 11.5 Å². The number of aromatic nitrogens is 3. The zero-order valence-electron chi connectivity index (χ0n) is 18.8. The summed E-state index contributed by atoms with van der Waals surface area (Å²) in [5, 5.41) is 6.52. The van der Waals surface area contributed by atoms with Crippen LogP contribution in [-0.4, -0.2) is 20.7 Å². The predicted molar refractivity (Wildman–Crippen MR) is 140 cm³/mol. The van der Waals surface area contributed by atoms with Gasteiger partial charge in [-0.1, -0.05) is 48.5 Å². The summed E-state index contributed by atoms with van der Waals surface area (Å²) in [6.07, 6.45) is 2.86. The summed E-state index contributed by atoms with van der Waals surface area (Å²) in [5.41, 5.74) is 10.9. The maximum absolute atomic E-state index is 13.1. The molecular formula is C27H23N5O2S. The molecule has 1 aliphatic rings. The van der Waals surface area contributed by atoms with Gasteiger partial charge >= 0.3 is 0 Å². The lowest BCUT2D eigenvalue weighted by atomic mass is 9.82. The number of benzene rings is 2. The molecule has 1 aliphatic carbocycles. The smallest absolute Gasteiger partial charge is 0.273 e. The van der Waals surface area contributed by atoms with Crippen LogP contribution >= 0.6 is 11.3 Å². The van der Waals surface area contributed by atoms with Gasteiger partial charge in [0.25, 0.3) is 11.5 Å². The fourth-order valence-corrected chi connectivity index (χ4v) is 5.77. The average Bonchev–Trinajstić information content (AvgIpc) is 3.42. The van der Waals surface area contributed by atoms with Gasteiger partial charge in [0.15, 0.2) is 0 Å². The molecule has 0 bridgehead atoms. The van der Waals surface area contributed by atoms with E-state index >= 15 is 0 Å². The standard InChI is InChI=1S/C27H23N5O2S/c28-24-20-14-18-13-17(16-7-3-1-4-8-16)11-12-21(18)29-27(20)35-25(24)26(34)30-22-15-23(33)32(31-22)19-9-5-2-6-10-19/h1-10,14-15,17,31H,11-13,28H2,(H,30,34). The molecule has 0 fully saturated rings. The SMILES string of the molecule is Nc1c(C(=O)Nc2cc(=O)n(-c3ccccc3)[nH]2)sc2nc3c(cc12)CC(c1ccccc1)CC3. The normalized spacial score (nSPS) is 15.1. The molecule has 3 aromatic heterocycles. The van der Waals surface area contributed by atoms with E-state index in [2.05, 4.69) is 40.7 Å². The Morgan fingerprint density at radius 3 is 2.60 bits per heavy atom. The number of fused-ring (bicyclic) bond motifs is 2. The largest absolute Gasteiger partial charge is 0.397 e. The van der Waals surface area contributed by atoms with Crippen molar-refractivity contribution in [2.45, 2.75) is 25.2 Å². The number of aryl methyl sites for hydroxylation is 1. The number of hydrogen-bond acceptors (Lipinski definition) is 5. The molecule has 35 heavy (non-hydrogen) atoms. The molecule has 1 unspecified atom stereocenters. The minimum atomic E-state index is -0.368. The molecule has 1 amide bonds. The number of nitrogens with one attached hydrogen (secondary N) is 2. The highest BCUT2D eigenvalue weighted by Crippen LogP contribution is 2.38. The van der Waals surface area contributed by atoms with E-state index in [1.807, 2.05) is 36.4 Å². The summed E-state index contributed by atoms with van der Waals surface area (Å²) in [5.74, 6) is 0.391. The van der Waals surface area contributed by atoms with Crippen molar-refractivity contribution in [3.8, 4) is 5.69 Å². The van der Waals surface area contributed by atoms with Crippen LogP contribution in [0.1, 0.15) is 38.8 Å². The minimum absolute atomic E-state index is 0.266. The van der Waals surface area contributed by atoms with Crippen LogP contribution in [-0.2, 0) is 12.8 Å². The molecule has 0 aliphatic heterocycles. The zero-order valence-corrected chi connectivity index (χ0v) is 19.6. The number of carbonyl (C=O) groups excluding carboxylic acids is 1. The molecule has 5 aromatic rings. The van der Waals surface area contributed by atoms with Gasteiger partial charge in [-0.05, 0) is 54.5 Å². The quantitative estimate of drug-likeness (QED) is 0.340. The van der Waals surface area contributed by atoms with Crippen LogP contribution in [0.2, 0.25) is 0 Å². The van der Waals surface area contributed by atoms with Crippen LogP contribution in [0.15, 0.2) is 77.6 Å². The lowest BCUT2D eigenvalue weighted by molar-refractivity contribution is 0.103. The van der Waals surface area contributed by atoms with Crippen molar-refractivity contribution in [2.24, 2.45) is 0 Å². The van der Waals surface area contributed by atoms with Crippen LogP contribution < -0.4 is 16.6 Å². The molecule has 2 aromatic carbocycles. The average molecular weight is 482 g/mol. The maximum atomic E-state index is 13.1. The summed E-state index contributed by atoms with van der Waals surface area (Å²) in [7, 11) is 0. The first-order chi connectivity index (χ1) is 17.1. The summed E-state index contributed by atoms with van der Waals surface area (Å²) in [6.45, 7) is 0. The molecule has 0 radical (unpaired) electrons. The summed E-state index contributed by atoms with van der Waals surface area (Å²) in [6, 6.07) is 23.2. The van der Waals surface area contributed by atoms with Gasteiger partial charge in [-0.15, -0.1) is 11.3 Å². The molecule has 0 spiro atoms. The number of anilines is 2. The van der Waals surface area contributed by atoms with Gasteiger partial charge < -0.3 is 11.1 Å². The van der Waals surface area contributed by atoms with E-state index in [0.717, 1.165) is 35.2 Å². The summed E-state index contributed by atoms with van der Waals surface area (Å²) in [4.78, 5) is 31.5. The Balaban J connectivity index is 1.28. The Morgan fingerprint density at radius 2 is 1.83 bits per heavy atom. The van der Waals surface area contributed by atoms with Crippen LogP contribution in [0.3, 0.4) is 0 Å². The van der Waals surface area contributed by atoms with Crippen molar-refractivity contribution >= 4 is 39.0 Å². The van der Waals surface area contributed by atoms with Gasteiger partial charge in [-0.3, -0.25) is 14.7 Å². The Bertz CT molecular complexity index is 1600. The fourth-order valence-electron chi connectivity index (χ4n) is 4.78. The topological polar surface area (TPSA) is 106 Å². The molecular weight excluding hydrogens is 458 g/mol. The molecule has 7 nitrogen and oxygen atoms in total. The Kier molecular flexibility index (Phi) is 5.22. The fraction of sp³-hybridized carbons (Fsp3) is 0.148. The third-order valence-corrected chi connectivity index (χ3v) is 7.66. The highest BCUT2D eigenvalue weighted by molar-refractivity contribution is 7.21. The van der Waals surface area contributed by atoms with Crippen LogP contribution in [0, 0.1) is 0 Å². The Labute approximate surface area is 205 Å². The number of aromatic amines is 1. The molecule has 1 atom stereocenters. The number of pyridine rings is 1. The monoisotopic (exact) mass is 481 g/mol. The van der Waals surface area contributed by atoms with Crippen molar-refractivity contribution in [3.63, 3.8) is 0 Å². The van der Waals surface area contributed by atoms with Crippen molar-refractivity contribution in [3.05, 3.63) is 105 Å². The number of amides is 1. The molecule has 8 heteroatoms. The number of para-hydroxylation sites is 1. The van der Waals surface area contributed by atoms with Gasteiger partial charge in [0.1, 0.15) is 15.5 Å². The number of nitrogen functional groups attached to an aromatic ring is 1. The van der Waals surface area contributed by atoms with Gasteiger partial charge in [0.2, 0.25) is 0 Å². The van der Waals surface area contributed by atoms with Gasteiger partial charge in [0, 0.05) is 17.1 Å². The van der Waals surface area contributed by atoms with Crippen molar-refractivity contribution in [1.29, 1.82) is 0 Å². The molecule has 6 rings (SSSR count). The Hall–Kier alpha value is -4.17. The van der Waals surface area contributed by atoms with E-state index in [0.29, 0.717) is 28.0 Å². The first kappa shape index (κ1) is 21.4. The van der Waals surface area contributed by atoms with E-state index in [1.54, 1.807) is 0 Å². The van der Waals surface area contributed by atoms with Crippen molar-refractivity contribution < 1.29 is 4.79 Å². The van der Waals surface area contributed by atoms with E-state index in [4.69, 9.17) is 10.7 Å². The van der Waals surface area contributed by atoms with Crippen molar-refractivity contribution in [1.82, 2.24) is 14.8 Å². The Morgan fingerprint density at radius 1 is 1.09 bits per heavy atom. The molecule has 0 saturated carbocycles. The number of nitrogens with two attached hydrogens (primary N) is 1. The first-order valence-corrected chi connectivity index (χ1v) is 12.3. The number of hydrogen-bond donors (Lipinski definition) is 3. The van der Waals surface area contributed by atoms with Gasteiger partial charge in [-0.25, -0.2) is 9.67 Å². The number of nitrogens with zero attached hydrogens (tertiary/aromatic N) is 2. The third kappa shape index (κ3) is 3.91. The summed E-state index contributed by atoms with van der Waals surface area (Å²) < 4.78 is 1.38. The number of rotatable bonds is 4. The molecule has 4 N–H and O–H groups in total. The van der Waals surface area contributed by atoms with Crippen molar-refractivity contribution in [2.75, 3.05) is 11.1 Å². The van der Waals surface area contributed by atoms with E-state index in [1.165, 1.54) is 33.2 Å². The first-order valence-electron chi connectivity index (χ1n) is 11.5. The van der Waals surface area contributed by atoms with E-state index in [9.17, 15) is 9.59 Å². The number of H-pyrrole nitrogens is 1. The number of carbonyl (C=O) groups is 1. The third-order valence-electron chi connectivity index (χ3n) is 6.55. The molecule has 174 valence electrons. The zero-order chi connectivity index (χ0) is 23.9. The predicted octanol–water partition coefficient (Wildman–Crippen LogP) is 4.88. The maximum Gasteiger partial charge on any atom is 0.273 e. The molecule has 3 heterocycles. The van der Waals surface area contributed by atoms with E-state index in [-0.39, 0.29) is 11.5 Å². The minimum Gasteiger partial charge on any atom is -0.397 e. The molecule has 0 saturated heterocycles. The number of thiophene rings is 1. The second-order valence-electron chi connectivity index (χ2n) is 8.78. The van der Waals surface area contributed by atoms with Crippen LogP contribution in [0.25, 0.3) is 15.9 Å².